The zero-order valence-electron chi connectivity index (χ0n) is 13.4. The second kappa shape index (κ2) is 5.99. The summed E-state index contributed by atoms with van der Waals surface area (Å²) in [7, 11) is 0. The van der Waals surface area contributed by atoms with Gasteiger partial charge in [0.05, 0.1) is 6.10 Å². The molecule has 4 nitrogen and oxygen atoms in total. The molecule has 0 N–H and O–H groups in total. The van der Waals surface area contributed by atoms with Crippen molar-refractivity contribution in [2.45, 2.75) is 83.8 Å². The van der Waals surface area contributed by atoms with E-state index in [2.05, 4.69) is 0 Å². The van der Waals surface area contributed by atoms with E-state index < -0.39 is 11.0 Å². The molecule has 0 aromatic heterocycles. The standard InChI is InChI=1S/C17H26O4/c1-4-5-11-17-13(19)8-6-7-12(18)16(2,3)15(21-17)10-9-14(17)20/h15H,4-11H2,1-3H3/t15-,17-/m0/s1. The lowest BCUT2D eigenvalue weighted by molar-refractivity contribution is -0.188. The second-order valence-corrected chi connectivity index (χ2v) is 6.92. The number of carbonyl (C=O) groups is 3. The highest BCUT2D eigenvalue weighted by Crippen LogP contribution is 2.41. The van der Waals surface area contributed by atoms with Gasteiger partial charge < -0.3 is 4.74 Å². The van der Waals surface area contributed by atoms with Crippen LogP contribution in [0.15, 0.2) is 0 Å². The van der Waals surface area contributed by atoms with Gasteiger partial charge in [-0.1, -0.05) is 27.2 Å². The van der Waals surface area contributed by atoms with Gasteiger partial charge in [-0.2, -0.15) is 0 Å². The molecule has 21 heavy (non-hydrogen) atoms. The fourth-order valence-corrected chi connectivity index (χ4v) is 3.44. The van der Waals surface area contributed by atoms with E-state index in [1.165, 1.54) is 0 Å². The molecule has 0 saturated carbocycles. The molecule has 2 rings (SSSR count). The minimum atomic E-state index is -1.28. The molecule has 0 unspecified atom stereocenters. The normalized spacial score (nSPS) is 33.3. The van der Waals surface area contributed by atoms with Crippen molar-refractivity contribution in [3.8, 4) is 0 Å². The van der Waals surface area contributed by atoms with Crippen molar-refractivity contribution in [2.24, 2.45) is 5.41 Å². The maximum absolute atomic E-state index is 12.6. The molecular weight excluding hydrogens is 268 g/mol. The van der Waals surface area contributed by atoms with Crippen molar-refractivity contribution >= 4 is 17.3 Å². The third-order valence-electron chi connectivity index (χ3n) is 5.09. The summed E-state index contributed by atoms with van der Waals surface area (Å²) in [5.41, 5.74) is -1.90. The van der Waals surface area contributed by atoms with Crippen LogP contribution in [-0.2, 0) is 19.1 Å². The molecule has 2 aliphatic heterocycles. The number of hydrogen-bond donors (Lipinski definition) is 0. The Hall–Kier alpha value is -1.03. The van der Waals surface area contributed by atoms with E-state index in [-0.39, 0.29) is 29.9 Å². The van der Waals surface area contributed by atoms with Crippen molar-refractivity contribution in [2.75, 3.05) is 0 Å². The van der Waals surface area contributed by atoms with Crippen molar-refractivity contribution in [1.82, 2.24) is 0 Å². The van der Waals surface area contributed by atoms with E-state index in [1.807, 2.05) is 20.8 Å². The highest BCUT2D eigenvalue weighted by molar-refractivity contribution is 6.11. The molecule has 0 spiro atoms. The Bertz CT molecular complexity index is 452. The Labute approximate surface area is 126 Å². The molecule has 118 valence electrons. The summed E-state index contributed by atoms with van der Waals surface area (Å²) < 4.78 is 6.09. The van der Waals surface area contributed by atoms with Gasteiger partial charge in [-0.3, -0.25) is 14.4 Å². The number of Topliss-reactive ketones (excluding diaryl/α,β-unsaturated/α-hetero) is 3. The molecular formula is C17H26O4. The van der Waals surface area contributed by atoms with Gasteiger partial charge in [-0.15, -0.1) is 0 Å². The van der Waals surface area contributed by atoms with Crippen LogP contribution in [0.3, 0.4) is 0 Å². The van der Waals surface area contributed by atoms with Gasteiger partial charge in [-0.25, -0.2) is 0 Å². The molecule has 0 radical (unpaired) electrons. The molecule has 0 aromatic carbocycles. The van der Waals surface area contributed by atoms with E-state index in [0.29, 0.717) is 32.1 Å². The largest absolute Gasteiger partial charge is 0.355 e. The minimum absolute atomic E-state index is 0.0812. The summed E-state index contributed by atoms with van der Waals surface area (Å²) >= 11 is 0. The number of ketones is 3. The first-order chi connectivity index (χ1) is 9.84. The summed E-state index contributed by atoms with van der Waals surface area (Å²) in [6.45, 7) is 5.81. The summed E-state index contributed by atoms with van der Waals surface area (Å²) in [6.07, 6.45) is 3.91. The zero-order chi connectivity index (χ0) is 15.7. The van der Waals surface area contributed by atoms with E-state index in [9.17, 15) is 14.4 Å². The Kier molecular flexibility index (Phi) is 4.66. The topological polar surface area (TPSA) is 60.4 Å². The van der Waals surface area contributed by atoms with Crippen LogP contribution in [-0.4, -0.2) is 29.1 Å². The van der Waals surface area contributed by atoms with Crippen molar-refractivity contribution < 1.29 is 19.1 Å². The Morgan fingerprint density at radius 3 is 2.33 bits per heavy atom. The van der Waals surface area contributed by atoms with Crippen LogP contribution in [0, 0.1) is 5.41 Å². The minimum Gasteiger partial charge on any atom is -0.355 e. The lowest BCUT2D eigenvalue weighted by atomic mass is 9.75. The Balaban J connectivity index is 2.40. The molecule has 4 heteroatoms. The van der Waals surface area contributed by atoms with E-state index >= 15 is 0 Å². The summed E-state index contributed by atoms with van der Waals surface area (Å²) in [5.74, 6) is -0.0561. The van der Waals surface area contributed by atoms with Crippen LogP contribution in [0.2, 0.25) is 0 Å². The number of rotatable bonds is 3. The van der Waals surface area contributed by atoms with Crippen LogP contribution in [0.1, 0.15) is 72.1 Å². The van der Waals surface area contributed by atoms with Crippen LogP contribution in [0.5, 0.6) is 0 Å². The maximum atomic E-state index is 12.6. The molecule has 2 aliphatic rings. The monoisotopic (exact) mass is 294 g/mol. The molecule has 2 saturated heterocycles. The predicted molar refractivity (Wildman–Crippen MR) is 79.0 cm³/mol. The lowest BCUT2D eigenvalue weighted by Gasteiger charge is -2.43. The first-order valence-electron chi connectivity index (χ1n) is 8.12. The molecule has 0 aromatic rings. The van der Waals surface area contributed by atoms with Gasteiger partial charge in [0.15, 0.2) is 17.2 Å². The fraction of sp³-hybridized carbons (Fsp3) is 0.824. The molecule has 2 bridgehead atoms. The summed E-state index contributed by atoms with van der Waals surface area (Å²) in [6, 6.07) is 0. The Morgan fingerprint density at radius 2 is 1.67 bits per heavy atom. The first kappa shape index (κ1) is 16.3. The number of unbranched alkanes of at least 4 members (excludes halogenated alkanes) is 1. The Morgan fingerprint density at radius 1 is 1.05 bits per heavy atom. The average molecular weight is 294 g/mol. The van der Waals surface area contributed by atoms with Gasteiger partial charge in [0.1, 0.15) is 5.78 Å². The molecule has 0 amide bonds. The van der Waals surface area contributed by atoms with Gasteiger partial charge in [0.2, 0.25) is 0 Å². The molecule has 2 heterocycles. The first-order valence-corrected chi connectivity index (χ1v) is 8.12. The molecule has 2 fully saturated rings. The highest BCUT2D eigenvalue weighted by atomic mass is 16.5. The van der Waals surface area contributed by atoms with Gasteiger partial charge >= 0.3 is 0 Å². The van der Waals surface area contributed by atoms with Gasteiger partial charge in [0, 0.05) is 24.7 Å². The number of fused-ring (bicyclic) bond motifs is 2. The second-order valence-electron chi connectivity index (χ2n) is 6.92. The van der Waals surface area contributed by atoms with Gasteiger partial charge in [0.25, 0.3) is 0 Å². The van der Waals surface area contributed by atoms with E-state index in [0.717, 1.165) is 12.8 Å². The average Bonchev–Trinajstić information content (AvgIpc) is 2.47. The quantitative estimate of drug-likeness (QED) is 0.751. The van der Waals surface area contributed by atoms with Crippen LogP contribution in [0.4, 0.5) is 0 Å². The van der Waals surface area contributed by atoms with Crippen LogP contribution in [0.25, 0.3) is 0 Å². The van der Waals surface area contributed by atoms with E-state index in [4.69, 9.17) is 4.74 Å². The molecule has 0 aliphatic carbocycles. The summed E-state index contributed by atoms with van der Waals surface area (Å²) in [4.78, 5) is 37.5. The predicted octanol–water partition coefficient (Wildman–Crippen LogP) is 3.01. The SMILES string of the molecule is CCCC[C@@]12O[C@@H](CCC1=O)C(C)(C)C(=O)CCCC2=O. The lowest BCUT2D eigenvalue weighted by Crippen LogP contribution is -2.57. The zero-order valence-corrected chi connectivity index (χ0v) is 13.4. The molecule has 2 atom stereocenters. The highest BCUT2D eigenvalue weighted by Gasteiger charge is 2.54. The number of ether oxygens (including phenoxy) is 1. The third kappa shape index (κ3) is 2.83. The van der Waals surface area contributed by atoms with E-state index in [1.54, 1.807) is 0 Å². The van der Waals surface area contributed by atoms with Crippen molar-refractivity contribution in [3.05, 3.63) is 0 Å². The van der Waals surface area contributed by atoms with Crippen molar-refractivity contribution in [3.63, 3.8) is 0 Å². The van der Waals surface area contributed by atoms with Gasteiger partial charge in [-0.05, 0) is 25.7 Å². The van der Waals surface area contributed by atoms with Crippen LogP contribution >= 0.6 is 0 Å². The number of carbonyl (C=O) groups excluding carboxylic acids is 3. The van der Waals surface area contributed by atoms with Crippen molar-refractivity contribution in [1.29, 1.82) is 0 Å². The summed E-state index contributed by atoms with van der Waals surface area (Å²) in [5, 5.41) is 0. The fourth-order valence-electron chi connectivity index (χ4n) is 3.44. The third-order valence-corrected chi connectivity index (χ3v) is 5.09. The maximum Gasteiger partial charge on any atom is 0.184 e. The smallest absolute Gasteiger partial charge is 0.184 e. The number of hydrogen-bond acceptors (Lipinski definition) is 4. The van der Waals surface area contributed by atoms with Crippen LogP contribution < -0.4 is 0 Å².